The second-order valence-electron chi connectivity index (χ2n) is 3.46. The molecule has 0 amide bonds. The van der Waals surface area contributed by atoms with Crippen LogP contribution in [0.2, 0.25) is 0 Å². The van der Waals surface area contributed by atoms with Gasteiger partial charge in [0.25, 0.3) is 0 Å². The van der Waals surface area contributed by atoms with Gasteiger partial charge in [-0.1, -0.05) is 23.9 Å². The molecule has 0 saturated carbocycles. The Kier molecular flexibility index (Phi) is 2.70. The average Bonchev–Trinajstić information content (AvgIpc) is 2.94. The van der Waals surface area contributed by atoms with Crippen LogP contribution in [-0.4, -0.2) is 16.3 Å². The topological polar surface area (TPSA) is 45.8 Å². The number of carbonyl (C=O) groups excluding carboxylic acids is 1. The summed E-state index contributed by atoms with van der Waals surface area (Å²) in [6.07, 6.45) is 0.868. The number of nitrogens with zero attached hydrogens (tertiary/aromatic N) is 1. The number of aromatic amines is 1. The van der Waals surface area contributed by atoms with E-state index in [4.69, 9.17) is 0 Å². The quantitative estimate of drug-likeness (QED) is 0.732. The fourth-order valence-electron chi connectivity index (χ4n) is 1.54. The standard InChI is InChI=1S/C12H8N2OS2/c15-6-8-5-9(7-16-8)17-12-13-10-3-1-2-4-11(10)14-12/h1-7H,(H,13,14). The summed E-state index contributed by atoms with van der Waals surface area (Å²) in [5.41, 5.74) is 1.99. The number of imidazole rings is 1. The van der Waals surface area contributed by atoms with Gasteiger partial charge in [-0.25, -0.2) is 4.98 Å². The summed E-state index contributed by atoms with van der Waals surface area (Å²) < 4.78 is 0. The first-order valence-electron chi connectivity index (χ1n) is 5.01. The molecule has 0 bridgehead atoms. The SMILES string of the molecule is O=Cc1cc(Sc2nc3ccccc3[nH]2)cs1. The van der Waals surface area contributed by atoms with E-state index in [9.17, 15) is 4.79 Å². The number of rotatable bonds is 3. The van der Waals surface area contributed by atoms with E-state index in [1.807, 2.05) is 35.7 Å². The van der Waals surface area contributed by atoms with Crippen molar-refractivity contribution < 1.29 is 4.79 Å². The van der Waals surface area contributed by atoms with Crippen molar-refractivity contribution in [1.82, 2.24) is 9.97 Å². The van der Waals surface area contributed by atoms with Crippen LogP contribution in [0.15, 0.2) is 45.8 Å². The van der Waals surface area contributed by atoms with Crippen LogP contribution in [0.5, 0.6) is 0 Å². The summed E-state index contributed by atoms with van der Waals surface area (Å²) in [4.78, 5) is 20.1. The number of para-hydroxylation sites is 2. The van der Waals surface area contributed by atoms with Crippen molar-refractivity contribution in [2.75, 3.05) is 0 Å². The van der Waals surface area contributed by atoms with E-state index in [0.717, 1.165) is 32.2 Å². The minimum absolute atomic E-state index is 0.739. The first-order chi connectivity index (χ1) is 8.35. The highest BCUT2D eigenvalue weighted by Crippen LogP contribution is 2.30. The molecule has 0 aliphatic rings. The molecule has 0 unspecified atom stereocenters. The molecule has 2 aromatic heterocycles. The molecule has 2 heterocycles. The summed E-state index contributed by atoms with van der Waals surface area (Å²) in [5, 5.41) is 2.81. The molecule has 0 saturated heterocycles. The van der Waals surface area contributed by atoms with Gasteiger partial charge in [0.1, 0.15) is 0 Å². The molecular weight excluding hydrogens is 252 g/mol. The Morgan fingerprint density at radius 2 is 2.24 bits per heavy atom. The van der Waals surface area contributed by atoms with Crippen LogP contribution < -0.4 is 0 Å². The van der Waals surface area contributed by atoms with E-state index < -0.39 is 0 Å². The maximum atomic E-state index is 10.6. The molecule has 3 nitrogen and oxygen atoms in total. The van der Waals surface area contributed by atoms with E-state index in [1.54, 1.807) is 0 Å². The van der Waals surface area contributed by atoms with Gasteiger partial charge in [0.15, 0.2) is 11.4 Å². The number of thiophene rings is 1. The molecule has 1 N–H and O–H groups in total. The molecule has 3 aromatic rings. The Morgan fingerprint density at radius 3 is 3.00 bits per heavy atom. The van der Waals surface area contributed by atoms with Gasteiger partial charge in [-0.3, -0.25) is 4.79 Å². The third kappa shape index (κ3) is 2.11. The Labute approximate surface area is 106 Å². The van der Waals surface area contributed by atoms with Crippen LogP contribution in [0, 0.1) is 0 Å². The van der Waals surface area contributed by atoms with Crippen LogP contribution in [-0.2, 0) is 0 Å². The number of aldehydes is 1. The van der Waals surface area contributed by atoms with Gasteiger partial charge in [-0.15, -0.1) is 11.3 Å². The fraction of sp³-hybridized carbons (Fsp3) is 0. The van der Waals surface area contributed by atoms with Gasteiger partial charge in [-0.2, -0.15) is 0 Å². The van der Waals surface area contributed by atoms with E-state index in [2.05, 4.69) is 9.97 Å². The lowest BCUT2D eigenvalue weighted by Crippen LogP contribution is -1.72. The maximum Gasteiger partial charge on any atom is 0.171 e. The monoisotopic (exact) mass is 260 g/mol. The zero-order valence-electron chi connectivity index (χ0n) is 8.71. The maximum absolute atomic E-state index is 10.6. The van der Waals surface area contributed by atoms with Gasteiger partial charge in [0.2, 0.25) is 0 Å². The van der Waals surface area contributed by atoms with Gasteiger partial charge >= 0.3 is 0 Å². The zero-order chi connectivity index (χ0) is 11.7. The molecule has 5 heteroatoms. The Bertz CT molecular complexity index is 639. The lowest BCUT2D eigenvalue weighted by Gasteiger charge is -1.90. The minimum Gasteiger partial charge on any atom is -0.333 e. The third-order valence-corrected chi connectivity index (χ3v) is 4.16. The molecule has 84 valence electrons. The minimum atomic E-state index is 0.739. The van der Waals surface area contributed by atoms with Gasteiger partial charge in [-0.05, 0) is 18.2 Å². The predicted octanol–water partition coefficient (Wildman–Crippen LogP) is 3.59. The number of benzene rings is 1. The molecular formula is C12H8N2OS2. The first-order valence-corrected chi connectivity index (χ1v) is 6.71. The van der Waals surface area contributed by atoms with Crippen molar-refractivity contribution in [3.63, 3.8) is 0 Å². The van der Waals surface area contributed by atoms with Crippen LogP contribution in [0.25, 0.3) is 11.0 Å². The number of hydrogen-bond acceptors (Lipinski definition) is 4. The number of carbonyl (C=O) groups is 1. The Balaban J connectivity index is 1.91. The Morgan fingerprint density at radius 1 is 1.35 bits per heavy atom. The van der Waals surface area contributed by atoms with Crippen LogP contribution in [0.1, 0.15) is 9.67 Å². The molecule has 0 fully saturated rings. The largest absolute Gasteiger partial charge is 0.333 e. The summed E-state index contributed by atoms with van der Waals surface area (Å²) in [6, 6.07) is 9.78. The zero-order valence-corrected chi connectivity index (χ0v) is 10.3. The number of fused-ring (bicyclic) bond motifs is 1. The molecule has 0 spiro atoms. The van der Waals surface area contributed by atoms with Crippen molar-refractivity contribution in [1.29, 1.82) is 0 Å². The predicted molar refractivity (Wildman–Crippen MR) is 69.9 cm³/mol. The molecule has 0 aliphatic carbocycles. The number of nitrogens with one attached hydrogen (secondary N) is 1. The van der Waals surface area contributed by atoms with Crippen molar-refractivity contribution in [3.8, 4) is 0 Å². The van der Waals surface area contributed by atoms with Crippen molar-refractivity contribution in [3.05, 3.63) is 40.6 Å². The van der Waals surface area contributed by atoms with E-state index in [-0.39, 0.29) is 0 Å². The van der Waals surface area contributed by atoms with Gasteiger partial charge in [0.05, 0.1) is 15.9 Å². The number of hydrogen-bond donors (Lipinski definition) is 1. The average molecular weight is 260 g/mol. The highest BCUT2D eigenvalue weighted by atomic mass is 32.2. The van der Waals surface area contributed by atoms with Gasteiger partial charge in [0, 0.05) is 10.3 Å². The fourth-order valence-corrected chi connectivity index (χ4v) is 3.24. The molecule has 3 rings (SSSR count). The number of H-pyrrole nitrogens is 1. The summed E-state index contributed by atoms with van der Waals surface area (Å²) >= 11 is 2.98. The van der Waals surface area contributed by atoms with Crippen LogP contribution in [0.4, 0.5) is 0 Å². The second kappa shape index (κ2) is 4.35. The smallest absolute Gasteiger partial charge is 0.171 e. The molecule has 0 atom stereocenters. The van der Waals surface area contributed by atoms with Crippen LogP contribution in [0.3, 0.4) is 0 Å². The van der Waals surface area contributed by atoms with E-state index in [1.165, 1.54) is 23.1 Å². The van der Waals surface area contributed by atoms with Crippen molar-refractivity contribution >= 4 is 40.4 Å². The van der Waals surface area contributed by atoms with Crippen LogP contribution >= 0.6 is 23.1 Å². The highest BCUT2D eigenvalue weighted by Gasteiger charge is 2.05. The molecule has 1 aromatic carbocycles. The van der Waals surface area contributed by atoms with E-state index >= 15 is 0 Å². The first kappa shape index (κ1) is 10.6. The summed E-state index contributed by atoms with van der Waals surface area (Å²) in [6.45, 7) is 0. The van der Waals surface area contributed by atoms with Crippen molar-refractivity contribution in [2.24, 2.45) is 0 Å². The van der Waals surface area contributed by atoms with Gasteiger partial charge < -0.3 is 4.98 Å². The summed E-state index contributed by atoms with van der Waals surface area (Å²) in [7, 11) is 0. The Hall–Kier alpha value is -1.59. The second-order valence-corrected chi connectivity index (χ2v) is 5.47. The normalized spacial score (nSPS) is 10.8. The molecule has 0 radical (unpaired) electrons. The summed E-state index contributed by atoms with van der Waals surface area (Å²) in [5.74, 6) is 0. The third-order valence-electron chi connectivity index (χ3n) is 2.29. The molecule has 17 heavy (non-hydrogen) atoms. The van der Waals surface area contributed by atoms with Crippen molar-refractivity contribution in [2.45, 2.75) is 10.1 Å². The number of aromatic nitrogens is 2. The lowest BCUT2D eigenvalue weighted by molar-refractivity contribution is 0.112. The highest BCUT2D eigenvalue weighted by molar-refractivity contribution is 7.99. The van der Waals surface area contributed by atoms with E-state index in [0.29, 0.717) is 0 Å². The molecule has 0 aliphatic heterocycles. The lowest BCUT2D eigenvalue weighted by atomic mass is 10.3.